The second-order valence-corrected chi connectivity index (χ2v) is 20.0. The molecule has 6 N–H and O–H groups in total. The molecule has 1 aliphatic heterocycles. The fourth-order valence-corrected chi connectivity index (χ4v) is 9.26. The summed E-state index contributed by atoms with van der Waals surface area (Å²) in [4.78, 5) is 96.5. The number of nitrogens with one attached hydrogen (secondary N) is 2. The molecule has 62 heavy (non-hydrogen) atoms. The van der Waals surface area contributed by atoms with Gasteiger partial charge in [0.05, 0.1) is 27.4 Å². The van der Waals surface area contributed by atoms with Crippen molar-refractivity contribution in [3.05, 3.63) is 24.8 Å². The molecular weight excluding hydrogens is 903 g/mol. The normalized spacial score (nSPS) is 20.9. The van der Waals surface area contributed by atoms with Gasteiger partial charge in [0.25, 0.3) is 15.6 Å². The summed E-state index contributed by atoms with van der Waals surface area (Å²) in [5, 5.41) is 26.4. The van der Waals surface area contributed by atoms with E-state index in [9.17, 15) is 57.9 Å². The van der Waals surface area contributed by atoms with E-state index in [1.165, 1.54) is 39.5 Å². The zero-order valence-corrected chi connectivity index (χ0v) is 37.9. The van der Waals surface area contributed by atoms with Crippen LogP contribution in [0.5, 0.6) is 0 Å². The average molecular weight is 958 g/mol. The lowest BCUT2D eigenvalue weighted by Gasteiger charge is -2.36. The minimum atomic E-state index is -5.92. The largest absolute Gasteiger partial charge is 0.790 e. The van der Waals surface area contributed by atoms with Crippen LogP contribution in [0.15, 0.2) is 24.8 Å². The number of hydrogen-bond acceptors (Lipinski definition) is 22. The Morgan fingerprint density at radius 3 is 2.34 bits per heavy atom. The zero-order chi connectivity index (χ0) is 46.1. The van der Waals surface area contributed by atoms with Gasteiger partial charge >= 0.3 is 0 Å². The summed E-state index contributed by atoms with van der Waals surface area (Å²) < 4.78 is 60.7. The van der Waals surface area contributed by atoms with Crippen molar-refractivity contribution in [2.75, 3.05) is 37.8 Å². The van der Waals surface area contributed by atoms with Gasteiger partial charge in [-0.3, -0.25) is 28.1 Å². The van der Waals surface area contributed by atoms with Crippen LogP contribution in [0.2, 0.25) is 0 Å². The fraction of sp³-hybridized carbons (Fsp3) is 0.706. The lowest BCUT2D eigenvalue weighted by molar-refractivity contribution is -0.347. The Labute approximate surface area is 362 Å². The number of allylic oxidation sites excluding steroid dienone is 2. The number of rotatable bonds is 29. The highest BCUT2D eigenvalue weighted by Crippen LogP contribution is 2.56. The highest BCUT2D eigenvalue weighted by Gasteiger charge is 2.47. The van der Waals surface area contributed by atoms with Crippen LogP contribution in [0.25, 0.3) is 11.2 Å². The SMILES string of the molecule is CCCCCC/C=C/CCCCC(=O)SCCNC(=O)CCNC(=O)[C@H](O)C(C)(C)COP(=O)([O-])OP(=O)([O-])OC[C@H]1O[C@@H](n2cnc3c(N)ncnc32)[C@H](O)[C@@H]1OP(=O)([O-])[O-]. The van der Waals surface area contributed by atoms with Gasteiger partial charge in [-0.05, 0) is 32.1 Å². The summed E-state index contributed by atoms with van der Waals surface area (Å²) in [6.45, 7) is 2.33. The number of carbonyl (C=O) groups excluding carboxylic acids is 3. The van der Waals surface area contributed by atoms with Crippen molar-refractivity contribution in [1.82, 2.24) is 30.2 Å². The van der Waals surface area contributed by atoms with Crippen LogP contribution in [-0.2, 0) is 50.7 Å². The first kappa shape index (κ1) is 53.6. The van der Waals surface area contributed by atoms with Crippen molar-refractivity contribution in [2.45, 2.75) is 116 Å². The second-order valence-electron chi connectivity index (χ2n) is 14.8. The van der Waals surface area contributed by atoms with Crippen LogP contribution < -0.4 is 35.9 Å². The number of nitrogen functional groups attached to an aromatic ring is 1. The number of amides is 2. The van der Waals surface area contributed by atoms with Gasteiger partial charge in [-0.15, -0.1) is 0 Å². The summed E-state index contributed by atoms with van der Waals surface area (Å²) in [5.41, 5.74) is 4.08. The van der Waals surface area contributed by atoms with Gasteiger partial charge in [0.2, 0.25) is 11.8 Å². The number of aliphatic hydroxyl groups excluding tert-OH is 2. The topological polar surface area (TPSA) is 375 Å². The van der Waals surface area contributed by atoms with Crippen LogP contribution in [-0.4, -0.2) is 103 Å². The number of aliphatic hydroxyl groups is 2. The van der Waals surface area contributed by atoms with Gasteiger partial charge in [0.15, 0.2) is 22.8 Å². The Bertz CT molecular complexity index is 1950. The van der Waals surface area contributed by atoms with E-state index in [-0.39, 0.29) is 41.6 Å². The molecule has 2 aromatic rings. The van der Waals surface area contributed by atoms with Crippen LogP contribution in [0.4, 0.5) is 5.82 Å². The lowest BCUT2D eigenvalue weighted by Crippen LogP contribution is -2.46. The van der Waals surface area contributed by atoms with Crippen molar-refractivity contribution in [1.29, 1.82) is 0 Å². The van der Waals surface area contributed by atoms with E-state index in [4.69, 9.17) is 10.5 Å². The molecule has 0 saturated carbocycles. The van der Waals surface area contributed by atoms with Crippen molar-refractivity contribution in [3.63, 3.8) is 0 Å². The van der Waals surface area contributed by atoms with E-state index in [0.29, 0.717) is 12.2 Å². The van der Waals surface area contributed by atoms with Crippen LogP contribution in [0.3, 0.4) is 0 Å². The highest BCUT2D eigenvalue weighted by molar-refractivity contribution is 8.13. The number of imidazole rings is 1. The molecule has 2 amide bonds. The number of nitrogens with zero attached hydrogens (tertiary/aromatic N) is 4. The quantitative estimate of drug-likeness (QED) is 0.0414. The van der Waals surface area contributed by atoms with Gasteiger partial charge in [-0.25, -0.2) is 19.3 Å². The molecule has 0 aliphatic carbocycles. The zero-order valence-electron chi connectivity index (χ0n) is 34.4. The molecule has 352 valence electrons. The smallest absolute Gasteiger partial charge is 0.274 e. The van der Waals surface area contributed by atoms with E-state index >= 15 is 0 Å². The third-order valence-corrected chi connectivity index (χ3v) is 13.1. The van der Waals surface area contributed by atoms with Gasteiger partial charge in [0, 0.05) is 37.1 Å². The number of phosphoric ester groups is 3. The number of hydrogen-bond donors (Lipinski definition) is 5. The van der Waals surface area contributed by atoms with Crippen molar-refractivity contribution < 1.29 is 80.5 Å². The number of unbranched alkanes of at least 4 members (excludes halogenated alkanes) is 6. The maximum Gasteiger partial charge on any atom is 0.274 e. The van der Waals surface area contributed by atoms with Crippen molar-refractivity contribution in [3.8, 4) is 0 Å². The predicted molar refractivity (Wildman–Crippen MR) is 215 cm³/mol. The number of nitrogens with two attached hydrogens (primary N) is 1. The third kappa shape index (κ3) is 18.4. The molecule has 0 spiro atoms. The van der Waals surface area contributed by atoms with Gasteiger partial charge < -0.3 is 69.0 Å². The monoisotopic (exact) mass is 957 g/mol. The first-order valence-corrected chi connectivity index (χ1v) is 25.0. The minimum Gasteiger partial charge on any atom is -0.790 e. The summed E-state index contributed by atoms with van der Waals surface area (Å²) in [6, 6.07) is 0. The number of thioether (sulfide) groups is 1. The van der Waals surface area contributed by atoms with Gasteiger partial charge in [-0.1, -0.05) is 63.9 Å². The van der Waals surface area contributed by atoms with Gasteiger partial charge in [0.1, 0.15) is 36.3 Å². The van der Waals surface area contributed by atoms with Crippen molar-refractivity contribution >= 4 is 69.1 Å². The Kier molecular flexibility index (Phi) is 21.7. The molecule has 2 unspecified atom stereocenters. The molecule has 3 heterocycles. The summed E-state index contributed by atoms with van der Waals surface area (Å²) in [5.74, 6) is -1.16. The maximum atomic E-state index is 12.6. The average Bonchev–Trinajstić information content (AvgIpc) is 3.75. The number of ether oxygens (including phenoxy) is 1. The highest BCUT2D eigenvalue weighted by atomic mass is 32.2. The molecule has 0 bridgehead atoms. The molecule has 28 heteroatoms. The first-order chi connectivity index (χ1) is 29.1. The maximum absolute atomic E-state index is 12.6. The molecule has 0 aromatic carbocycles. The first-order valence-electron chi connectivity index (χ1n) is 19.7. The number of anilines is 1. The van der Waals surface area contributed by atoms with E-state index in [1.54, 1.807) is 0 Å². The second kappa shape index (κ2) is 25.1. The molecule has 1 saturated heterocycles. The number of phosphoric acid groups is 3. The summed E-state index contributed by atoms with van der Waals surface area (Å²) in [6.07, 6.45) is 5.83. The molecule has 0 radical (unpaired) electrons. The third-order valence-electron chi connectivity index (χ3n) is 9.13. The molecule has 3 rings (SSSR count). The van der Waals surface area contributed by atoms with E-state index < -0.39 is 84.6 Å². The Balaban J connectivity index is 1.38. The van der Waals surface area contributed by atoms with Crippen molar-refractivity contribution in [2.24, 2.45) is 5.41 Å². The van der Waals surface area contributed by atoms with Crippen LogP contribution in [0, 0.1) is 5.41 Å². The predicted octanol–water partition coefficient (Wildman–Crippen LogP) is 0.224. The lowest BCUT2D eigenvalue weighted by atomic mass is 9.87. The van der Waals surface area contributed by atoms with E-state index in [2.05, 4.69) is 62.5 Å². The molecule has 2 aromatic heterocycles. The summed E-state index contributed by atoms with van der Waals surface area (Å²) >= 11 is 1.12. The molecule has 1 fully saturated rings. The Hall–Kier alpha value is -2.70. The molecule has 24 nitrogen and oxygen atoms in total. The standard InChI is InChI=1S/C34H58N7O17P3S/c1-4-5-6-7-8-9-10-11-12-13-14-25(43)62-18-17-36-24(42)15-16-37-32(46)29(45)34(2,3)20-55-61(52,53)58-60(50,51)54-19-23-28(57-59(47,48)49)27(44)33(56-23)41-22-40-26-30(35)38-21-39-31(26)41/h9-10,21-23,27-29,33,44-45H,4-8,11-20H2,1-3H3,(H,36,42)(H,37,46)(H,50,51)(H,52,53)(H2,35,38,39)(H2,47,48,49)/p-4/b10-9+/t23-,27-,28-,29+,33-/m1/s1. The molecular formula is C34H54N7O17P3S-4. The fourth-order valence-electron chi connectivity index (χ4n) is 5.80. The van der Waals surface area contributed by atoms with Crippen LogP contribution >= 0.6 is 35.2 Å². The van der Waals surface area contributed by atoms with Gasteiger partial charge in [-0.2, -0.15) is 0 Å². The van der Waals surface area contributed by atoms with E-state index in [0.717, 1.165) is 54.7 Å². The Morgan fingerprint density at radius 2 is 1.66 bits per heavy atom. The number of fused-ring (bicyclic) bond motifs is 1. The molecule has 1 aliphatic rings. The van der Waals surface area contributed by atoms with Crippen LogP contribution in [0.1, 0.15) is 91.2 Å². The number of carbonyl (C=O) groups is 3. The van der Waals surface area contributed by atoms with E-state index in [1.807, 2.05) is 0 Å². The number of aromatic nitrogens is 4. The summed E-state index contributed by atoms with van der Waals surface area (Å²) in [7, 11) is -17.6. The molecule has 7 atom stereocenters. The Morgan fingerprint density at radius 1 is 0.984 bits per heavy atom. The minimum absolute atomic E-state index is 0.0196.